The fourth-order valence-corrected chi connectivity index (χ4v) is 2.94. The molecule has 2 amide bonds. The number of carbonyl (C=O) groups is 2. The lowest BCUT2D eigenvalue weighted by atomic mass is 10.1. The first-order chi connectivity index (χ1) is 13.6. The molecule has 1 aromatic heterocycles. The summed E-state index contributed by atoms with van der Waals surface area (Å²) in [7, 11) is 1.60. The highest BCUT2D eigenvalue weighted by atomic mass is 16.5. The third-order valence-corrected chi connectivity index (χ3v) is 4.43. The van der Waals surface area contributed by atoms with E-state index < -0.39 is 0 Å². The van der Waals surface area contributed by atoms with E-state index in [9.17, 15) is 9.59 Å². The number of aromatic nitrogens is 2. The Hall–Kier alpha value is -2.94. The van der Waals surface area contributed by atoms with Gasteiger partial charge in [-0.25, -0.2) is 0 Å². The van der Waals surface area contributed by atoms with Crippen LogP contribution >= 0.6 is 0 Å². The van der Waals surface area contributed by atoms with Crippen molar-refractivity contribution in [3.8, 4) is 5.75 Å². The van der Waals surface area contributed by atoms with E-state index in [-0.39, 0.29) is 30.1 Å². The van der Waals surface area contributed by atoms with Crippen molar-refractivity contribution < 1.29 is 23.6 Å². The van der Waals surface area contributed by atoms with Crippen LogP contribution in [-0.4, -0.2) is 60.3 Å². The summed E-state index contributed by atoms with van der Waals surface area (Å²) < 4.78 is 15.7. The summed E-state index contributed by atoms with van der Waals surface area (Å²) in [6.07, 6.45) is 1.49. The van der Waals surface area contributed by atoms with Crippen LogP contribution in [0.5, 0.6) is 5.75 Å². The molecule has 0 saturated carbocycles. The summed E-state index contributed by atoms with van der Waals surface area (Å²) >= 11 is 0. The Kier molecular flexibility index (Phi) is 6.59. The molecule has 1 aromatic carbocycles. The summed E-state index contributed by atoms with van der Waals surface area (Å²) in [5.74, 6) is -0.0390. The number of aryl methyl sites for hydroxylation is 2. The quantitative estimate of drug-likeness (QED) is 0.804. The number of hydrogen-bond donors (Lipinski definition) is 1. The minimum absolute atomic E-state index is 0.0182. The van der Waals surface area contributed by atoms with Gasteiger partial charge < -0.3 is 18.9 Å². The third kappa shape index (κ3) is 5.07. The van der Waals surface area contributed by atoms with Gasteiger partial charge in [0, 0.05) is 26.1 Å². The zero-order valence-corrected chi connectivity index (χ0v) is 16.1. The Morgan fingerprint density at radius 1 is 1.29 bits per heavy atom. The standard InChI is InChI=1S/C19H24N4O5/c1-13-4-5-14(15(12-13)26-2)6-7-16(24)20-19-21-17(28-22-19)18(25)23-8-3-10-27-11-9-23/h4-5,12H,3,6-11H2,1-2H3,(H,20,22,24). The van der Waals surface area contributed by atoms with Crippen molar-refractivity contribution in [3.63, 3.8) is 0 Å². The van der Waals surface area contributed by atoms with Crippen LogP contribution in [0.3, 0.4) is 0 Å². The van der Waals surface area contributed by atoms with Crippen molar-refractivity contribution >= 4 is 17.8 Å². The second-order valence-electron chi connectivity index (χ2n) is 6.54. The molecule has 1 saturated heterocycles. The zero-order chi connectivity index (χ0) is 19.9. The number of nitrogens with one attached hydrogen (secondary N) is 1. The van der Waals surface area contributed by atoms with Crippen molar-refractivity contribution in [2.45, 2.75) is 26.2 Å². The predicted molar refractivity (Wildman–Crippen MR) is 100 cm³/mol. The molecule has 9 nitrogen and oxygen atoms in total. The minimum atomic E-state index is -0.358. The molecule has 0 aliphatic carbocycles. The topological polar surface area (TPSA) is 107 Å². The first kappa shape index (κ1) is 19.8. The van der Waals surface area contributed by atoms with Gasteiger partial charge in [-0.3, -0.25) is 14.9 Å². The molecule has 28 heavy (non-hydrogen) atoms. The van der Waals surface area contributed by atoms with Crippen molar-refractivity contribution in [3.05, 3.63) is 35.2 Å². The van der Waals surface area contributed by atoms with E-state index in [0.717, 1.165) is 23.3 Å². The van der Waals surface area contributed by atoms with Gasteiger partial charge in [-0.05, 0) is 42.1 Å². The SMILES string of the molecule is COc1cc(C)ccc1CCC(=O)Nc1noc(C(=O)N2CCCOCC2)n1. The van der Waals surface area contributed by atoms with Crippen molar-refractivity contribution in [1.29, 1.82) is 0 Å². The van der Waals surface area contributed by atoms with Gasteiger partial charge in [0.15, 0.2) is 0 Å². The molecular weight excluding hydrogens is 364 g/mol. The highest BCUT2D eigenvalue weighted by molar-refractivity contribution is 5.92. The third-order valence-electron chi connectivity index (χ3n) is 4.43. The summed E-state index contributed by atoms with van der Waals surface area (Å²) in [6, 6.07) is 5.84. The molecule has 0 bridgehead atoms. The molecule has 9 heteroatoms. The largest absolute Gasteiger partial charge is 0.496 e. The fraction of sp³-hybridized carbons (Fsp3) is 0.474. The molecule has 1 fully saturated rings. The molecule has 3 rings (SSSR count). The van der Waals surface area contributed by atoms with E-state index in [1.54, 1.807) is 12.0 Å². The molecule has 2 aromatic rings. The average Bonchev–Trinajstić information content (AvgIpc) is 2.98. The van der Waals surface area contributed by atoms with Gasteiger partial charge in [-0.1, -0.05) is 12.1 Å². The smallest absolute Gasteiger partial charge is 0.317 e. The van der Waals surface area contributed by atoms with Gasteiger partial charge in [0.25, 0.3) is 5.95 Å². The van der Waals surface area contributed by atoms with Gasteiger partial charge in [0.2, 0.25) is 5.91 Å². The number of anilines is 1. The summed E-state index contributed by atoms with van der Waals surface area (Å²) in [5, 5.41) is 6.23. The number of hydrogen-bond acceptors (Lipinski definition) is 7. The lowest BCUT2D eigenvalue weighted by Gasteiger charge is -2.16. The van der Waals surface area contributed by atoms with E-state index in [1.807, 2.05) is 25.1 Å². The van der Waals surface area contributed by atoms with Crippen LogP contribution in [-0.2, 0) is 16.0 Å². The molecule has 0 atom stereocenters. The van der Waals surface area contributed by atoms with Gasteiger partial charge in [0.05, 0.1) is 13.7 Å². The average molecular weight is 388 g/mol. The molecule has 0 unspecified atom stereocenters. The lowest BCUT2D eigenvalue weighted by Crippen LogP contribution is -2.33. The molecule has 1 aliphatic rings. The van der Waals surface area contributed by atoms with Gasteiger partial charge in [0.1, 0.15) is 5.75 Å². The fourth-order valence-electron chi connectivity index (χ4n) is 2.94. The Labute approximate surface area is 163 Å². The molecule has 2 heterocycles. The molecule has 150 valence electrons. The minimum Gasteiger partial charge on any atom is -0.496 e. The number of carbonyl (C=O) groups excluding carboxylic acids is 2. The van der Waals surface area contributed by atoms with E-state index in [2.05, 4.69) is 15.5 Å². The van der Waals surface area contributed by atoms with Gasteiger partial charge >= 0.3 is 11.8 Å². The Balaban J connectivity index is 1.54. The maximum atomic E-state index is 12.4. The number of ether oxygens (including phenoxy) is 2. The second-order valence-corrected chi connectivity index (χ2v) is 6.54. The molecular formula is C19H24N4O5. The number of nitrogens with zero attached hydrogens (tertiary/aromatic N) is 3. The van der Waals surface area contributed by atoms with Crippen molar-refractivity contribution in [2.75, 3.05) is 38.7 Å². The first-order valence-electron chi connectivity index (χ1n) is 9.21. The highest BCUT2D eigenvalue weighted by Crippen LogP contribution is 2.21. The van der Waals surface area contributed by atoms with Crippen LogP contribution in [0.4, 0.5) is 5.95 Å². The Morgan fingerprint density at radius 2 is 2.14 bits per heavy atom. The molecule has 1 aliphatic heterocycles. The number of methoxy groups -OCH3 is 1. The Morgan fingerprint density at radius 3 is 2.96 bits per heavy atom. The van der Waals surface area contributed by atoms with Crippen LogP contribution in [0, 0.1) is 6.92 Å². The first-order valence-corrected chi connectivity index (χ1v) is 9.21. The maximum absolute atomic E-state index is 12.4. The molecule has 1 N–H and O–H groups in total. The van der Waals surface area contributed by atoms with Crippen LogP contribution in [0.2, 0.25) is 0 Å². The monoisotopic (exact) mass is 388 g/mol. The van der Waals surface area contributed by atoms with Gasteiger partial charge in [-0.15, -0.1) is 0 Å². The molecule has 0 spiro atoms. The van der Waals surface area contributed by atoms with Crippen LogP contribution in [0.25, 0.3) is 0 Å². The highest BCUT2D eigenvalue weighted by Gasteiger charge is 2.23. The zero-order valence-electron chi connectivity index (χ0n) is 16.1. The molecule has 0 radical (unpaired) electrons. The summed E-state index contributed by atoms with van der Waals surface area (Å²) in [6.45, 7) is 4.13. The number of rotatable bonds is 6. The van der Waals surface area contributed by atoms with Crippen LogP contribution in [0.1, 0.15) is 34.7 Å². The van der Waals surface area contributed by atoms with Crippen LogP contribution in [0.15, 0.2) is 22.7 Å². The summed E-state index contributed by atoms with van der Waals surface area (Å²) in [5.41, 5.74) is 2.03. The van der Waals surface area contributed by atoms with Gasteiger partial charge in [-0.2, -0.15) is 4.98 Å². The van der Waals surface area contributed by atoms with Crippen LogP contribution < -0.4 is 10.1 Å². The van der Waals surface area contributed by atoms with E-state index in [0.29, 0.717) is 32.7 Å². The van der Waals surface area contributed by atoms with E-state index >= 15 is 0 Å². The maximum Gasteiger partial charge on any atom is 0.317 e. The van der Waals surface area contributed by atoms with E-state index in [1.165, 1.54) is 0 Å². The number of benzene rings is 1. The lowest BCUT2D eigenvalue weighted by molar-refractivity contribution is -0.116. The second kappa shape index (κ2) is 9.32. The predicted octanol–water partition coefficient (Wildman–Crippen LogP) is 1.82. The van der Waals surface area contributed by atoms with Crippen molar-refractivity contribution in [1.82, 2.24) is 15.0 Å². The normalized spacial score (nSPS) is 14.4. The Bertz CT molecular complexity index is 827. The summed E-state index contributed by atoms with van der Waals surface area (Å²) in [4.78, 5) is 30.2. The van der Waals surface area contributed by atoms with E-state index in [4.69, 9.17) is 14.0 Å². The van der Waals surface area contributed by atoms with Crippen molar-refractivity contribution in [2.24, 2.45) is 0 Å². The number of amides is 2.